The minimum atomic E-state index is 0.00215. The summed E-state index contributed by atoms with van der Waals surface area (Å²) in [7, 11) is 0. The molecule has 1 N–H and O–H groups in total. The zero-order valence-corrected chi connectivity index (χ0v) is 11.2. The topological polar surface area (TPSA) is 20.2 Å². The summed E-state index contributed by atoms with van der Waals surface area (Å²) in [4.78, 5) is 0. The fourth-order valence-electron chi connectivity index (χ4n) is 4.01. The van der Waals surface area contributed by atoms with Crippen LogP contribution in [0.15, 0.2) is 0 Å². The maximum absolute atomic E-state index is 10.5. The Morgan fingerprint density at radius 2 is 1.62 bits per heavy atom. The van der Waals surface area contributed by atoms with Crippen molar-refractivity contribution >= 4 is 0 Å². The molecule has 1 nitrogen and oxygen atoms in total. The first-order chi connectivity index (χ1) is 7.47. The molecule has 16 heavy (non-hydrogen) atoms. The van der Waals surface area contributed by atoms with Crippen LogP contribution in [-0.2, 0) is 0 Å². The van der Waals surface area contributed by atoms with Crippen molar-refractivity contribution in [3.8, 4) is 0 Å². The van der Waals surface area contributed by atoms with Crippen molar-refractivity contribution < 1.29 is 5.11 Å². The van der Waals surface area contributed by atoms with Crippen LogP contribution in [0.2, 0.25) is 0 Å². The van der Waals surface area contributed by atoms with Crippen molar-refractivity contribution in [1.29, 1.82) is 0 Å². The lowest BCUT2D eigenvalue weighted by Gasteiger charge is -2.28. The molecule has 0 aromatic carbocycles. The highest BCUT2D eigenvalue weighted by Gasteiger charge is 2.40. The monoisotopic (exact) mass is 224 g/mol. The minimum Gasteiger partial charge on any atom is -0.393 e. The first-order valence-electron chi connectivity index (χ1n) is 7.15. The summed E-state index contributed by atoms with van der Waals surface area (Å²) < 4.78 is 0. The Hall–Kier alpha value is -0.0400. The van der Waals surface area contributed by atoms with E-state index in [1.54, 1.807) is 0 Å². The molecule has 0 aromatic rings. The number of hydrogen-bond donors (Lipinski definition) is 1. The molecule has 0 aliphatic heterocycles. The van der Waals surface area contributed by atoms with E-state index < -0.39 is 0 Å². The van der Waals surface area contributed by atoms with E-state index in [2.05, 4.69) is 20.8 Å². The first kappa shape index (κ1) is 12.4. The third-order valence-corrected chi connectivity index (χ3v) is 4.67. The number of rotatable bonds is 2. The van der Waals surface area contributed by atoms with Gasteiger partial charge in [-0.2, -0.15) is 0 Å². The lowest BCUT2D eigenvalue weighted by Crippen LogP contribution is -2.28. The summed E-state index contributed by atoms with van der Waals surface area (Å²) in [6.45, 7) is 6.88. The lowest BCUT2D eigenvalue weighted by molar-refractivity contribution is 0.0499. The SMILES string of the molecule is CC(C)(C)CC1CCC(C2CCCC2)C1O. The van der Waals surface area contributed by atoms with E-state index in [4.69, 9.17) is 0 Å². The van der Waals surface area contributed by atoms with Crippen molar-refractivity contribution in [2.45, 2.75) is 71.8 Å². The molecule has 2 aliphatic carbocycles. The Morgan fingerprint density at radius 1 is 1.00 bits per heavy atom. The summed E-state index contributed by atoms with van der Waals surface area (Å²) in [5, 5.41) is 10.5. The Bertz CT molecular complexity index is 222. The second kappa shape index (κ2) is 4.68. The van der Waals surface area contributed by atoms with Crippen molar-refractivity contribution in [2.75, 3.05) is 0 Å². The molecule has 94 valence electrons. The van der Waals surface area contributed by atoms with Crippen LogP contribution < -0.4 is 0 Å². The molecule has 2 aliphatic rings. The molecule has 2 fully saturated rings. The van der Waals surface area contributed by atoms with E-state index in [-0.39, 0.29) is 6.10 Å². The van der Waals surface area contributed by atoms with Crippen molar-refractivity contribution in [3.05, 3.63) is 0 Å². The molecule has 0 aromatic heterocycles. The number of aliphatic hydroxyl groups excluding tert-OH is 1. The average Bonchev–Trinajstić information content (AvgIpc) is 2.75. The third-order valence-electron chi connectivity index (χ3n) is 4.67. The molecule has 0 radical (unpaired) electrons. The largest absolute Gasteiger partial charge is 0.393 e. The summed E-state index contributed by atoms with van der Waals surface area (Å²) in [6.07, 6.45) is 9.30. The van der Waals surface area contributed by atoms with Crippen LogP contribution in [0.4, 0.5) is 0 Å². The van der Waals surface area contributed by atoms with Gasteiger partial charge in [-0.15, -0.1) is 0 Å². The molecule has 2 rings (SSSR count). The molecule has 0 saturated heterocycles. The van der Waals surface area contributed by atoms with Gasteiger partial charge in [-0.25, -0.2) is 0 Å². The Labute approximate surface area is 101 Å². The quantitative estimate of drug-likeness (QED) is 0.751. The number of hydrogen-bond acceptors (Lipinski definition) is 1. The van der Waals surface area contributed by atoms with Gasteiger partial charge in [0.25, 0.3) is 0 Å². The van der Waals surface area contributed by atoms with Crippen LogP contribution >= 0.6 is 0 Å². The van der Waals surface area contributed by atoms with Crippen molar-refractivity contribution in [3.63, 3.8) is 0 Å². The highest BCUT2D eigenvalue weighted by Crippen LogP contribution is 2.45. The Balaban J connectivity index is 1.90. The molecule has 0 bridgehead atoms. The van der Waals surface area contributed by atoms with E-state index in [1.807, 2.05) is 0 Å². The second-order valence-electron chi connectivity index (χ2n) is 7.30. The second-order valence-corrected chi connectivity index (χ2v) is 7.30. The predicted molar refractivity (Wildman–Crippen MR) is 68.3 cm³/mol. The van der Waals surface area contributed by atoms with Gasteiger partial charge in [-0.1, -0.05) is 46.5 Å². The molecular weight excluding hydrogens is 196 g/mol. The molecule has 3 atom stereocenters. The normalized spacial score (nSPS) is 37.1. The van der Waals surface area contributed by atoms with E-state index in [9.17, 15) is 5.11 Å². The highest BCUT2D eigenvalue weighted by molar-refractivity contribution is 4.91. The predicted octanol–water partition coefficient (Wildman–Crippen LogP) is 4.00. The van der Waals surface area contributed by atoms with Crippen molar-refractivity contribution in [2.24, 2.45) is 23.2 Å². The first-order valence-corrected chi connectivity index (χ1v) is 7.15. The van der Waals surface area contributed by atoms with Gasteiger partial charge in [-0.05, 0) is 42.4 Å². The fraction of sp³-hybridized carbons (Fsp3) is 1.00. The summed E-state index contributed by atoms with van der Waals surface area (Å²) in [6, 6.07) is 0. The molecule has 3 unspecified atom stereocenters. The van der Waals surface area contributed by atoms with Crippen LogP contribution in [0.25, 0.3) is 0 Å². The van der Waals surface area contributed by atoms with Crippen LogP contribution in [0.5, 0.6) is 0 Å². The molecule has 0 heterocycles. The van der Waals surface area contributed by atoms with Gasteiger partial charge in [0.2, 0.25) is 0 Å². The molecule has 0 amide bonds. The van der Waals surface area contributed by atoms with Gasteiger partial charge < -0.3 is 5.11 Å². The third kappa shape index (κ3) is 2.80. The standard InChI is InChI=1S/C15H28O/c1-15(2,3)10-12-8-9-13(14(12)16)11-6-4-5-7-11/h11-14,16H,4-10H2,1-3H3. The van der Waals surface area contributed by atoms with Gasteiger partial charge >= 0.3 is 0 Å². The highest BCUT2D eigenvalue weighted by atomic mass is 16.3. The molecule has 0 spiro atoms. The fourth-order valence-corrected chi connectivity index (χ4v) is 4.01. The van der Waals surface area contributed by atoms with E-state index in [1.165, 1.54) is 44.9 Å². The summed E-state index contributed by atoms with van der Waals surface area (Å²) >= 11 is 0. The van der Waals surface area contributed by atoms with Gasteiger partial charge in [-0.3, -0.25) is 0 Å². The maximum Gasteiger partial charge on any atom is 0.0599 e. The molecule has 2 saturated carbocycles. The number of aliphatic hydroxyl groups is 1. The molecular formula is C15H28O. The van der Waals surface area contributed by atoms with E-state index in [0.29, 0.717) is 17.3 Å². The average molecular weight is 224 g/mol. The van der Waals surface area contributed by atoms with Crippen molar-refractivity contribution in [1.82, 2.24) is 0 Å². The maximum atomic E-state index is 10.5. The summed E-state index contributed by atoms with van der Waals surface area (Å²) in [5.41, 5.74) is 0.371. The zero-order valence-electron chi connectivity index (χ0n) is 11.2. The van der Waals surface area contributed by atoms with Gasteiger partial charge in [0.1, 0.15) is 0 Å². The van der Waals surface area contributed by atoms with Crippen LogP contribution in [0.1, 0.15) is 65.7 Å². The lowest BCUT2D eigenvalue weighted by atomic mass is 9.80. The summed E-state index contributed by atoms with van der Waals surface area (Å²) in [5.74, 6) is 2.06. The smallest absolute Gasteiger partial charge is 0.0599 e. The van der Waals surface area contributed by atoms with E-state index >= 15 is 0 Å². The minimum absolute atomic E-state index is 0.00215. The van der Waals surface area contributed by atoms with E-state index in [0.717, 1.165) is 5.92 Å². The zero-order chi connectivity index (χ0) is 11.8. The van der Waals surface area contributed by atoms with Gasteiger partial charge in [0.15, 0.2) is 0 Å². The Morgan fingerprint density at radius 3 is 2.19 bits per heavy atom. The van der Waals surface area contributed by atoms with Gasteiger partial charge in [0.05, 0.1) is 6.10 Å². The van der Waals surface area contributed by atoms with Crippen LogP contribution in [0.3, 0.4) is 0 Å². The van der Waals surface area contributed by atoms with Crippen LogP contribution in [0, 0.1) is 23.2 Å². The Kier molecular flexibility index (Phi) is 3.63. The molecule has 1 heteroatoms. The van der Waals surface area contributed by atoms with Gasteiger partial charge in [0, 0.05) is 0 Å². The van der Waals surface area contributed by atoms with Crippen LogP contribution in [-0.4, -0.2) is 11.2 Å².